The Bertz CT molecular complexity index is 398. The van der Waals surface area contributed by atoms with Crippen LogP contribution in [0.5, 0.6) is 0 Å². The summed E-state index contributed by atoms with van der Waals surface area (Å²) in [6.45, 7) is 4.81. The van der Waals surface area contributed by atoms with E-state index < -0.39 is 14.8 Å². The van der Waals surface area contributed by atoms with Gasteiger partial charge in [0.25, 0.3) is 15.9 Å². The largest absolute Gasteiger partial charge is 0.378 e. The lowest BCUT2D eigenvalue weighted by molar-refractivity contribution is -0.132. The standard InChI is InChI=1S/C9H16N2O4S/c1-9(2)8(12)11(16(9,13)14)5-7-6-15-4-3-10-7/h7,10H,3-6H2,1-2H3. The molecule has 2 fully saturated rings. The summed E-state index contributed by atoms with van der Waals surface area (Å²) in [4.78, 5) is 11.7. The van der Waals surface area contributed by atoms with Crippen molar-refractivity contribution in [3.63, 3.8) is 0 Å². The molecule has 1 amide bonds. The average molecular weight is 248 g/mol. The van der Waals surface area contributed by atoms with Gasteiger partial charge in [0.1, 0.15) is 0 Å². The number of nitrogens with one attached hydrogen (secondary N) is 1. The first-order chi connectivity index (χ1) is 7.37. The Kier molecular flexibility index (Phi) is 2.72. The lowest BCUT2D eigenvalue weighted by Crippen LogP contribution is -2.69. The Labute approximate surface area is 95.0 Å². The van der Waals surface area contributed by atoms with Gasteiger partial charge in [0, 0.05) is 12.6 Å². The minimum absolute atomic E-state index is 0.0939. The van der Waals surface area contributed by atoms with Crippen molar-refractivity contribution in [1.82, 2.24) is 9.62 Å². The molecule has 1 N–H and O–H groups in total. The number of nitrogens with zero attached hydrogens (tertiary/aromatic N) is 1. The summed E-state index contributed by atoms with van der Waals surface area (Å²) in [5.74, 6) is -0.333. The van der Waals surface area contributed by atoms with Gasteiger partial charge in [-0.15, -0.1) is 0 Å². The number of hydrogen-bond acceptors (Lipinski definition) is 5. The molecule has 0 saturated carbocycles. The number of rotatable bonds is 2. The zero-order valence-electron chi connectivity index (χ0n) is 9.39. The van der Waals surface area contributed by atoms with E-state index in [1.165, 1.54) is 13.8 Å². The van der Waals surface area contributed by atoms with Crippen molar-refractivity contribution in [2.24, 2.45) is 0 Å². The monoisotopic (exact) mass is 248 g/mol. The minimum atomic E-state index is -3.46. The maximum atomic E-state index is 11.8. The summed E-state index contributed by atoms with van der Waals surface area (Å²) in [5, 5.41) is 3.12. The molecule has 16 heavy (non-hydrogen) atoms. The second kappa shape index (κ2) is 3.68. The van der Waals surface area contributed by atoms with Crippen LogP contribution in [0.1, 0.15) is 13.8 Å². The number of amides is 1. The van der Waals surface area contributed by atoms with Crippen molar-refractivity contribution in [1.29, 1.82) is 0 Å². The fourth-order valence-electron chi connectivity index (χ4n) is 1.87. The van der Waals surface area contributed by atoms with Gasteiger partial charge in [-0.25, -0.2) is 12.7 Å². The normalized spacial score (nSPS) is 32.2. The smallest absolute Gasteiger partial charge is 0.258 e. The Morgan fingerprint density at radius 3 is 2.75 bits per heavy atom. The van der Waals surface area contributed by atoms with Gasteiger partial charge >= 0.3 is 0 Å². The van der Waals surface area contributed by atoms with Crippen LogP contribution >= 0.6 is 0 Å². The number of morpholine rings is 1. The fraction of sp³-hybridized carbons (Fsp3) is 0.889. The van der Waals surface area contributed by atoms with Crippen LogP contribution in [0.3, 0.4) is 0 Å². The van der Waals surface area contributed by atoms with E-state index in [9.17, 15) is 13.2 Å². The summed E-state index contributed by atoms with van der Waals surface area (Å²) in [7, 11) is -3.46. The maximum Gasteiger partial charge on any atom is 0.258 e. The number of ether oxygens (including phenoxy) is 1. The third-order valence-corrected chi connectivity index (χ3v) is 5.42. The molecule has 92 valence electrons. The van der Waals surface area contributed by atoms with Crippen LogP contribution in [0.15, 0.2) is 0 Å². The predicted molar refractivity (Wildman–Crippen MR) is 57.3 cm³/mol. The zero-order chi connectivity index (χ0) is 12.0. The van der Waals surface area contributed by atoms with Crippen LogP contribution in [0.2, 0.25) is 0 Å². The molecule has 1 unspecified atom stereocenters. The fourth-order valence-corrected chi connectivity index (χ4v) is 3.45. The van der Waals surface area contributed by atoms with E-state index in [4.69, 9.17) is 4.74 Å². The molecular weight excluding hydrogens is 232 g/mol. The highest BCUT2D eigenvalue weighted by atomic mass is 32.2. The molecule has 2 aliphatic rings. The van der Waals surface area contributed by atoms with E-state index >= 15 is 0 Å². The van der Waals surface area contributed by atoms with Gasteiger partial charge < -0.3 is 10.1 Å². The third-order valence-electron chi connectivity index (χ3n) is 3.06. The Morgan fingerprint density at radius 1 is 1.56 bits per heavy atom. The van der Waals surface area contributed by atoms with Gasteiger partial charge in [0.2, 0.25) is 0 Å². The van der Waals surface area contributed by atoms with E-state index in [0.29, 0.717) is 19.8 Å². The van der Waals surface area contributed by atoms with Gasteiger partial charge in [0.05, 0.1) is 19.8 Å². The highest BCUT2D eigenvalue weighted by Gasteiger charge is 2.60. The highest BCUT2D eigenvalue weighted by Crippen LogP contribution is 2.34. The van der Waals surface area contributed by atoms with E-state index in [-0.39, 0.29) is 18.5 Å². The summed E-state index contributed by atoms with van der Waals surface area (Å²) in [5.41, 5.74) is 0. The van der Waals surface area contributed by atoms with Crippen molar-refractivity contribution in [2.75, 3.05) is 26.3 Å². The molecule has 2 aliphatic heterocycles. The molecule has 1 atom stereocenters. The molecule has 0 aromatic rings. The number of carbonyl (C=O) groups is 1. The quantitative estimate of drug-likeness (QED) is 0.673. The predicted octanol–water partition coefficient (Wildman–Crippen LogP) is -1.07. The molecule has 0 aliphatic carbocycles. The van der Waals surface area contributed by atoms with Crippen LogP contribution in [-0.2, 0) is 19.6 Å². The molecule has 6 nitrogen and oxygen atoms in total. The average Bonchev–Trinajstić information content (AvgIpc) is 2.26. The van der Waals surface area contributed by atoms with E-state index in [1.54, 1.807) is 0 Å². The van der Waals surface area contributed by atoms with Crippen LogP contribution in [0.4, 0.5) is 0 Å². The van der Waals surface area contributed by atoms with E-state index in [0.717, 1.165) is 4.31 Å². The second-order valence-corrected chi connectivity index (χ2v) is 6.99. The molecule has 2 saturated heterocycles. The van der Waals surface area contributed by atoms with Crippen molar-refractivity contribution in [3.8, 4) is 0 Å². The summed E-state index contributed by atoms with van der Waals surface area (Å²) >= 11 is 0. The van der Waals surface area contributed by atoms with Crippen molar-refractivity contribution < 1.29 is 17.9 Å². The van der Waals surface area contributed by atoms with Crippen LogP contribution in [0, 0.1) is 0 Å². The maximum absolute atomic E-state index is 11.8. The lowest BCUT2D eigenvalue weighted by atomic mass is 10.1. The van der Waals surface area contributed by atoms with Crippen LogP contribution < -0.4 is 5.32 Å². The van der Waals surface area contributed by atoms with Gasteiger partial charge in [0.15, 0.2) is 4.75 Å². The number of carbonyl (C=O) groups excluding carboxylic acids is 1. The topological polar surface area (TPSA) is 75.7 Å². The first-order valence-electron chi connectivity index (χ1n) is 5.25. The van der Waals surface area contributed by atoms with E-state index in [2.05, 4.69) is 5.32 Å². The zero-order valence-corrected chi connectivity index (χ0v) is 10.2. The van der Waals surface area contributed by atoms with Crippen molar-refractivity contribution in [2.45, 2.75) is 24.6 Å². The number of hydrogen-bond donors (Lipinski definition) is 1. The molecule has 0 bridgehead atoms. The molecule has 0 aromatic heterocycles. The highest BCUT2D eigenvalue weighted by molar-refractivity contribution is 7.94. The molecule has 2 rings (SSSR count). The van der Waals surface area contributed by atoms with Crippen LogP contribution in [-0.4, -0.2) is 55.7 Å². The summed E-state index contributed by atoms with van der Waals surface area (Å²) in [6.07, 6.45) is 0. The first kappa shape index (κ1) is 11.8. The Balaban J connectivity index is 2.04. The molecule has 7 heteroatoms. The Hall–Kier alpha value is -0.660. The first-order valence-corrected chi connectivity index (χ1v) is 6.69. The summed E-state index contributed by atoms with van der Waals surface area (Å²) in [6, 6.07) is -0.0939. The van der Waals surface area contributed by atoms with Gasteiger partial charge in [-0.2, -0.15) is 0 Å². The number of sulfonamides is 1. The second-order valence-electron chi connectivity index (χ2n) is 4.58. The van der Waals surface area contributed by atoms with Gasteiger partial charge in [-0.3, -0.25) is 4.79 Å². The molecule has 0 radical (unpaired) electrons. The van der Waals surface area contributed by atoms with Crippen molar-refractivity contribution in [3.05, 3.63) is 0 Å². The Morgan fingerprint density at radius 2 is 2.25 bits per heavy atom. The minimum Gasteiger partial charge on any atom is -0.378 e. The third kappa shape index (κ3) is 1.54. The molecular formula is C9H16N2O4S. The van der Waals surface area contributed by atoms with Gasteiger partial charge in [-0.05, 0) is 13.8 Å². The molecule has 0 spiro atoms. The van der Waals surface area contributed by atoms with Crippen molar-refractivity contribution >= 4 is 15.9 Å². The van der Waals surface area contributed by atoms with Crippen LogP contribution in [0.25, 0.3) is 0 Å². The summed E-state index contributed by atoms with van der Waals surface area (Å²) < 4.78 is 28.5. The molecule has 2 heterocycles. The van der Waals surface area contributed by atoms with E-state index in [1.807, 2.05) is 0 Å². The SMILES string of the molecule is CC1(C)C(=O)N(CC2COCCN2)S1(=O)=O. The molecule has 0 aromatic carbocycles. The van der Waals surface area contributed by atoms with Gasteiger partial charge in [-0.1, -0.05) is 0 Å². The lowest BCUT2D eigenvalue weighted by Gasteiger charge is -2.44.